The van der Waals surface area contributed by atoms with E-state index in [0.717, 1.165) is 17.2 Å². The van der Waals surface area contributed by atoms with E-state index in [9.17, 15) is 9.59 Å². The normalized spacial score (nSPS) is 15.4. The van der Waals surface area contributed by atoms with Crippen molar-refractivity contribution in [2.45, 2.75) is 18.9 Å². The lowest BCUT2D eigenvalue weighted by molar-refractivity contribution is -0.119. The quantitative estimate of drug-likeness (QED) is 0.425. The molecule has 1 aliphatic rings. The third kappa shape index (κ3) is 4.44. The van der Waals surface area contributed by atoms with Gasteiger partial charge in [-0.05, 0) is 60.0 Å². The predicted octanol–water partition coefficient (Wildman–Crippen LogP) is 5.88. The van der Waals surface area contributed by atoms with Crippen LogP contribution in [0.3, 0.4) is 0 Å². The Bertz CT molecular complexity index is 1300. The highest BCUT2D eigenvalue weighted by Crippen LogP contribution is 2.30. The van der Waals surface area contributed by atoms with Crippen molar-refractivity contribution in [1.82, 2.24) is 4.90 Å². The number of anilines is 1. The van der Waals surface area contributed by atoms with Crippen LogP contribution < -0.4 is 10.1 Å². The third-order valence-electron chi connectivity index (χ3n) is 5.93. The molecular formula is C28H24N2O3. The number of likely N-dealkylation sites (tertiary alicyclic amines) is 1. The third-order valence-corrected chi connectivity index (χ3v) is 5.93. The molecule has 5 nitrogen and oxygen atoms in total. The molecule has 1 N–H and O–H groups in total. The molecule has 1 saturated heterocycles. The summed E-state index contributed by atoms with van der Waals surface area (Å²) < 4.78 is 5.96. The van der Waals surface area contributed by atoms with E-state index < -0.39 is 6.04 Å². The van der Waals surface area contributed by atoms with Crippen LogP contribution in [-0.4, -0.2) is 29.3 Å². The Labute approximate surface area is 192 Å². The Morgan fingerprint density at radius 3 is 2.39 bits per heavy atom. The van der Waals surface area contributed by atoms with Gasteiger partial charge in [0.15, 0.2) is 5.75 Å². The number of nitrogens with zero attached hydrogens (tertiary/aromatic N) is 1. The summed E-state index contributed by atoms with van der Waals surface area (Å²) in [6.45, 7) is 0.561. The lowest BCUT2D eigenvalue weighted by Gasteiger charge is -2.24. The smallest absolute Gasteiger partial charge is 0.254 e. The molecule has 0 spiro atoms. The van der Waals surface area contributed by atoms with E-state index >= 15 is 0 Å². The average Bonchev–Trinajstić information content (AvgIpc) is 3.35. The maximum absolute atomic E-state index is 13.3. The predicted molar refractivity (Wildman–Crippen MR) is 130 cm³/mol. The van der Waals surface area contributed by atoms with Crippen molar-refractivity contribution < 1.29 is 14.3 Å². The molecule has 5 rings (SSSR count). The Balaban J connectivity index is 1.34. The van der Waals surface area contributed by atoms with E-state index in [0.29, 0.717) is 35.7 Å². The zero-order valence-corrected chi connectivity index (χ0v) is 18.1. The molecule has 4 aromatic carbocycles. The van der Waals surface area contributed by atoms with Gasteiger partial charge in [-0.3, -0.25) is 9.59 Å². The monoisotopic (exact) mass is 436 g/mol. The number of hydrogen-bond acceptors (Lipinski definition) is 3. The van der Waals surface area contributed by atoms with Crippen LogP contribution in [0.5, 0.6) is 11.5 Å². The second-order valence-electron chi connectivity index (χ2n) is 8.12. The van der Waals surface area contributed by atoms with Gasteiger partial charge in [0.2, 0.25) is 5.91 Å². The molecule has 0 aromatic heterocycles. The van der Waals surface area contributed by atoms with Crippen LogP contribution in [-0.2, 0) is 4.79 Å². The molecule has 0 bridgehead atoms. The van der Waals surface area contributed by atoms with Crippen LogP contribution in [0.15, 0.2) is 97.1 Å². The first-order chi connectivity index (χ1) is 16.2. The minimum absolute atomic E-state index is 0.118. The van der Waals surface area contributed by atoms with Crippen molar-refractivity contribution in [2.24, 2.45) is 0 Å². The first-order valence-corrected chi connectivity index (χ1v) is 11.1. The Kier molecular flexibility index (Phi) is 5.77. The van der Waals surface area contributed by atoms with Gasteiger partial charge in [-0.25, -0.2) is 0 Å². The number of nitrogens with one attached hydrogen (secondary N) is 1. The van der Waals surface area contributed by atoms with Crippen LogP contribution in [0.4, 0.5) is 5.69 Å². The van der Waals surface area contributed by atoms with E-state index in [4.69, 9.17) is 4.74 Å². The summed E-state index contributed by atoms with van der Waals surface area (Å²) in [6.07, 6.45) is 1.42. The molecule has 1 aliphatic heterocycles. The van der Waals surface area contributed by atoms with Gasteiger partial charge in [-0.2, -0.15) is 0 Å². The van der Waals surface area contributed by atoms with Crippen LogP contribution in [0.1, 0.15) is 23.2 Å². The maximum atomic E-state index is 13.3. The number of amides is 2. The van der Waals surface area contributed by atoms with E-state index in [-0.39, 0.29) is 11.8 Å². The van der Waals surface area contributed by atoms with Crippen LogP contribution >= 0.6 is 0 Å². The van der Waals surface area contributed by atoms with Gasteiger partial charge in [-0.1, -0.05) is 60.7 Å². The number of ether oxygens (including phenoxy) is 1. The van der Waals surface area contributed by atoms with Crippen molar-refractivity contribution in [3.05, 3.63) is 103 Å². The number of hydrogen-bond donors (Lipinski definition) is 1. The number of carbonyl (C=O) groups excluding carboxylic acids is 2. The highest BCUT2D eigenvalue weighted by Gasteiger charge is 2.35. The molecular weight excluding hydrogens is 412 g/mol. The molecule has 0 radical (unpaired) electrons. The Morgan fingerprint density at radius 2 is 1.55 bits per heavy atom. The van der Waals surface area contributed by atoms with Gasteiger partial charge in [-0.15, -0.1) is 0 Å². The molecule has 1 heterocycles. The summed E-state index contributed by atoms with van der Waals surface area (Å²) in [6, 6.07) is 29.9. The second kappa shape index (κ2) is 9.17. The summed E-state index contributed by atoms with van der Waals surface area (Å²) in [4.78, 5) is 28.2. The lowest BCUT2D eigenvalue weighted by atomic mass is 10.1. The number of rotatable bonds is 5. The number of benzene rings is 4. The van der Waals surface area contributed by atoms with E-state index in [1.807, 2.05) is 91.0 Å². The minimum atomic E-state index is -0.520. The fourth-order valence-electron chi connectivity index (χ4n) is 4.26. The molecule has 0 aliphatic carbocycles. The minimum Gasteiger partial charge on any atom is -0.455 e. The molecule has 1 atom stereocenters. The summed E-state index contributed by atoms with van der Waals surface area (Å²) in [5, 5.41) is 5.07. The topological polar surface area (TPSA) is 58.6 Å². The Hall–Kier alpha value is -4.12. The first-order valence-electron chi connectivity index (χ1n) is 11.1. The van der Waals surface area contributed by atoms with E-state index in [1.165, 1.54) is 0 Å². The Morgan fingerprint density at radius 1 is 0.818 bits per heavy atom. The van der Waals surface area contributed by atoms with Crippen molar-refractivity contribution in [3.8, 4) is 11.5 Å². The lowest BCUT2D eigenvalue weighted by Crippen LogP contribution is -2.43. The van der Waals surface area contributed by atoms with Gasteiger partial charge in [0.05, 0.1) is 5.69 Å². The van der Waals surface area contributed by atoms with Gasteiger partial charge in [0.1, 0.15) is 11.8 Å². The molecule has 0 saturated carbocycles. The fraction of sp³-hybridized carbons (Fsp3) is 0.143. The van der Waals surface area contributed by atoms with Crippen molar-refractivity contribution in [2.75, 3.05) is 11.9 Å². The van der Waals surface area contributed by atoms with Crippen molar-refractivity contribution in [1.29, 1.82) is 0 Å². The van der Waals surface area contributed by atoms with Crippen LogP contribution in [0.2, 0.25) is 0 Å². The summed E-state index contributed by atoms with van der Waals surface area (Å²) in [7, 11) is 0. The second-order valence-corrected chi connectivity index (χ2v) is 8.12. The summed E-state index contributed by atoms with van der Waals surface area (Å²) in [5.74, 6) is 0.925. The molecule has 5 heteroatoms. The molecule has 1 unspecified atom stereocenters. The number of para-hydroxylation sites is 3. The SMILES string of the molecule is O=C(Nc1ccccc1Oc1ccccc1)C1CCCN1C(=O)c1ccc2ccccc2c1. The molecule has 4 aromatic rings. The number of fused-ring (bicyclic) bond motifs is 1. The summed E-state index contributed by atoms with van der Waals surface area (Å²) in [5.41, 5.74) is 1.18. The largest absolute Gasteiger partial charge is 0.455 e. The first kappa shape index (κ1) is 20.8. The number of carbonyl (C=O) groups is 2. The molecule has 164 valence electrons. The van der Waals surface area contributed by atoms with Gasteiger partial charge in [0, 0.05) is 12.1 Å². The summed E-state index contributed by atoms with van der Waals surface area (Å²) >= 11 is 0. The van der Waals surface area contributed by atoms with Gasteiger partial charge in [0.25, 0.3) is 5.91 Å². The zero-order valence-electron chi connectivity index (χ0n) is 18.1. The highest BCUT2D eigenvalue weighted by atomic mass is 16.5. The maximum Gasteiger partial charge on any atom is 0.254 e. The fourth-order valence-corrected chi connectivity index (χ4v) is 4.26. The molecule has 33 heavy (non-hydrogen) atoms. The van der Waals surface area contributed by atoms with E-state index in [1.54, 1.807) is 11.0 Å². The molecule has 1 fully saturated rings. The van der Waals surface area contributed by atoms with Crippen LogP contribution in [0.25, 0.3) is 10.8 Å². The molecule has 2 amide bonds. The van der Waals surface area contributed by atoms with E-state index in [2.05, 4.69) is 5.32 Å². The highest BCUT2D eigenvalue weighted by molar-refractivity contribution is 6.03. The van der Waals surface area contributed by atoms with Crippen molar-refractivity contribution >= 4 is 28.3 Å². The van der Waals surface area contributed by atoms with Crippen LogP contribution in [0, 0.1) is 0 Å². The van der Waals surface area contributed by atoms with Gasteiger partial charge < -0.3 is 15.0 Å². The average molecular weight is 437 g/mol. The van der Waals surface area contributed by atoms with Crippen molar-refractivity contribution in [3.63, 3.8) is 0 Å². The zero-order chi connectivity index (χ0) is 22.6. The van der Waals surface area contributed by atoms with Gasteiger partial charge >= 0.3 is 0 Å². The standard InChI is InChI=1S/C28H24N2O3/c31-27(29-24-13-6-7-15-26(24)33-23-11-2-1-3-12-23)25-14-8-18-30(25)28(32)22-17-16-20-9-4-5-10-21(20)19-22/h1-7,9-13,15-17,19,25H,8,14,18H2,(H,29,31).